The molecule has 0 bridgehead atoms. The van der Waals surface area contributed by atoms with Crippen molar-refractivity contribution in [2.45, 2.75) is 23.4 Å². The third kappa shape index (κ3) is 4.71. The average Bonchev–Trinajstić information content (AvgIpc) is 2.88. The van der Waals surface area contributed by atoms with Crippen molar-refractivity contribution < 1.29 is 14.7 Å². The molecule has 1 heterocycles. The van der Waals surface area contributed by atoms with Crippen molar-refractivity contribution >= 4 is 45.9 Å². The number of carboxylic acids is 1. The highest BCUT2D eigenvalue weighted by Gasteiger charge is 2.12. The third-order valence-corrected chi connectivity index (χ3v) is 4.55. The number of nitrogens with zero attached hydrogens (tertiary/aromatic N) is 2. The smallest absolute Gasteiger partial charge is 0.325 e. The molecule has 9 heteroatoms. The van der Waals surface area contributed by atoms with Crippen molar-refractivity contribution in [1.29, 1.82) is 0 Å². The van der Waals surface area contributed by atoms with Crippen molar-refractivity contribution in [1.82, 2.24) is 10.2 Å². The number of amides is 2. The summed E-state index contributed by atoms with van der Waals surface area (Å²) < 4.78 is 0.447. The maximum Gasteiger partial charge on any atom is 0.325 e. The Bertz CT molecular complexity index is 672. The summed E-state index contributed by atoms with van der Waals surface area (Å²) in [4.78, 5) is 22.5. The molecule has 116 valence electrons. The van der Waals surface area contributed by atoms with Crippen LogP contribution in [-0.4, -0.2) is 27.4 Å². The first kappa shape index (κ1) is 16.2. The summed E-state index contributed by atoms with van der Waals surface area (Å²) in [6.07, 6.45) is 0. The molecule has 0 aliphatic carbocycles. The van der Waals surface area contributed by atoms with Gasteiger partial charge in [0, 0.05) is 10.9 Å². The SMILES string of the molecule is Cc1ccc(NC(=O)Nc2nnc(S[C@@H](C)C(=O)[O-])s2)cc1. The lowest BCUT2D eigenvalue weighted by Crippen LogP contribution is -2.31. The fraction of sp³-hybridized carbons (Fsp3) is 0.231. The molecule has 0 radical (unpaired) electrons. The number of thioether (sulfide) groups is 1. The van der Waals surface area contributed by atoms with Crippen molar-refractivity contribution in [2.75, 3.05) is 10.6 Å². The summed E-state index contributed by atoms with van der Waals surface area (Å²) in [5, 5.41) is 23.0. The zero-order valence-corrected chi connectivity index (χ0v) is 13.5. The zero-order valence-electron chi connectivity index (χ0n) is 11.8. The van der Waals surface area contributed by atoms with Crippen LogP contribution < -0.4 is 15.7 Å². The van der Waals surface area contributed by atoms with E-state index in [1.165, 1.54) is 6.92 Å². The second kappa shape index (κ2) is 7.23. The van der Waals surface area contributed by atoms with Gasteiger partial charge in [0.05, 0.1) is 5.97 Å². The summed E-state index contributed by atoms with van der Waals surface area (Å²) >= 11 is 2.11. The molecule has 0 fully saturated rings. The second-order valence-corrected chi connectivity index (χ2v) is 6.96. The Morgan fingerprint density at radius 2 is 1.91 bits per heavy atom. The minimum absolute atomic E-state index is 0.289. The molecular formula is C13H13N4O3S2-. The van der Waals surface area contributed by atoms with E-state index in [9.17, 15) is 14.7 Å². The summed E-state index contributed by atoms with van der Waals surface area (Å²) in [5.74, 6) is -1.17. The van der Waals surface area contributed by atoms with Crippen LogP contribution in [0.3, 0.4) is 0 Å². The molecule has 2 N–H and O–H groups in total. The van der Waals surface area contributed by atoms with Gasteiger partial charge in [0.2, 0.25) is 5.13 Å². The van der Waals surface area contributed by atoms with E-state index in [0.717, 1.165) is 28.7 Å². The Morgan fingerprint density at radius 3 is 2.55 bits per heavy atom. The largest absolute Gasteiger partial charge is 0.549 e. The molecule has 0 aliphatic heterocycles. The van der Waals surface area contributed by atoms with Crippen LogP contribution in [-0.2, 0) is 4.79 Å². The predicted molar refractivity (Wildman–Crippen MR) is 84.1 cm³/mol. The monoisotopic (exact) mass is 337 g/mol. The van der Waals surface area contributed by atoms with Crippen LogP contribution in [0.25, 0.3) is 0 Å². The quantitative estimate of drug-likeness (QED) is 0.635. The summed E-state index contributed by atoms with van der Waals surface area (Å²) in [7, 11) is 0. The number of carboxylic acid groups (broad SMARTS) is 1. The number of anilines is 2. The van der Waals surface area contributed by atoms with Crippen molar-refractivity contribution in [3.05, 3.63) is 29.8 Å². The number of urea groups is 1. The number of benzene rings is 1. The van der Waals surface area contributed by atoms with Crippen molar-refractivity contribution in [3.8, 4) is 0 Å². The van der Waals surface area contributed by atoms with Crippen LogP contribution in [0.4, 0.5) is 15.6 Å². The standard InChI is InChI=1S/C13H14N4O3S2/c1-7-3-5-9(6-4-7)14-11(20)15-12-16-17-13(22-12)21-8(2)10(18)19/h3-6,8H,1-2H3,(H,18,19)(H2,14,15,16,20)/p-1/t8-/m0/s1. The van der Waals surface area contributed by atoms with Gasteiger partial charge < -0.3 is 15.2 Å². The Hall–Kier alpha value is -2.13. The van der Waals surface area contributed by atoms with Gasteiger partial charge in [0.25, 0.3) is 0 Å². The van der Waals surface area contributed by atoms with Crippen LogP contribution >= 0.6 is 23.1 Å². The van der Waals surface area contributed by atoms with Crippen LogP contribution in [0.1, 0.15) is 12.5 Å². The molecule has 0 unspecified atom stereocenters. The number of aromatic nitrogens is 2. The second-order valence-electron chi connectivity index (χ2n) is 4.40. The van der Waals surface area contributed by atoms with Crippen LogP contribution in [0, 0.1) is 6.92 Å². The van der Waals surface area contributed by atoms with Crippen molar-refractivity contribution in [2.24, 2.45) is 0 Å². The molecule has 0 saturated carbocycles. The van der Waals surface area contributed by atoms with Gasteiger partial charge in [0.1, 0.15) is 0 Å². The number of carbonyl (C=O) groups is 2. The lowest BCUT2D eigenvalue weighted by molar-refractivity contribution is -0.304. The summed E-state index contributed by atoms with van der Waals surface area (Å²) in [6.45, 7) is 3.45. The van der Waals surface area contributed by atoms with Gasteiger partial charge >= 0.3 is 6.03 Å². The van der Waals surface area contributed by atoms with E-state index in [0.29, 0.717) is 10.0 Å². The van der Waals surface area contributed by atoms with Crippen molar-refractivity contribution in [3.63, 3.8) is 0 Å². The molecule has 0 spiro atoms. The van der Waals surface area contributed by atoms with Gasteiger partial charge in [-0.05, 0) is 26.0 Å². The topological polar surface area (TPSA) is 107 Å². The highest BCUT2D eigenvalue weighted by molar-refractivity contribution is 8.02. The molecule has 7 nitrogen and oxygen atoms in total. The maximum absolute atomic E-state index is 11.8. The van der Waals surface area contributed by atoms with Crippen LogP contribution in [0.15, 0.2) is 28.6 Å². The first-order chi connectivity index (χ1) is 10.4. The first-order valence-corrected chi connectivity index (χ1v) is 7.99. The summed E-state index contributed by atoms with van der Waals surface area (Å²) in [6, 6.07) is 6.91. The molecule has 2 aromatic rings. The van der Waals surface area contributed by atoms with E-state index in [1.807, 2.05) is 19.1 Å². The predicted octanol–water partition coefficient (Wildman–Crippen LogP) is 1.72. The van der Waals surface area contributed by atoms with E-state index >= 15 is 0 Å². The highest BCUT2D eigenvalue weighted by atomic mass is 32.2. The van der Waals surface area contributed by atoms with E-state index in [-0.39, 0.29) is 5.13 Å². The lowest BCUT2D eigenvalue weighted by atomic mass is 10.2. The van der Waals surface area contributed by atoms with Gasteiger partial charge in [-0.1, -0.05) is 40.8 Å². The molecule has 1 aromatic heterocycles. The van der Waals surface area contributed by atoms with E-state index in [1.54, 1.807) is 12.1 Å². The lowest BCUT2D eigenvalue weighted by Gasteiger charge is -2.08. The van der Waals surface area contributed by atoms with Gasteiger partial charge in [-0.15, -0.1) is 10.2 Å². The molecule has 22 heavy (non-hydrogen) atoms. The Kier molecular flexibility index (Phi) is 5.34. The minimum atomic E-state index is -1.17. The van der Waals surface area contributed by atoms with E-state index in [2.05, 4.69) is 20.8 Å². The molecular weight excluding hydrogens is 324 g/mol. The minimum Gasteiger partial charge on any atom is -0.549 e. The molecule has 2 amide bonds. The average molecular weight is 337 g/mol. The Morgan fingerprint density at radius 1 is 1.23 bits per heavy atom. The number of hydrogen-bond donors (Lipinski definition) is 2. The van der Waals surface area contributed by atoms with Gasteiger partial charge in [-0.25, -0.2) is 4.79 Å². The Balaban J connectivity index is 1.90. The number of rotatable bonds is 5. The Labute approximate surface area is 135 Å². The number of hydrogen-bond acceptors (Lipinski definition) is 7. The normalized spacial score (nSPS) is 11.7. The highest BCUT2D eigenvalue weighted by Crippen LogP contribution is 2.28. The molecule has 0 aliphatic rings. The van der Waals surface area contributed by atoms with E-state index in [4.69, 9.17) is 0 Å². The van der Waals surface area contributed by atoms with Gasteiger partial charge in [-0.3, -0.25) is 5.32 Å². The van der Waals surface area contributed by atoms with Crippen LogP contribution in [0.5, 0.6) is 0 Å². The number of nitrogens with one attached hydrogen (secondary N) is 2. The molecule has 0 saturated heterocycles. The summed E-state index contributed by atoms with van der Waals surface area (Å²) in [5.41, 5.74) is 1.76. The third-order valence-electron chi connectivity index (χ3n) is 2.55. The zero-order chi connectivity index (χ0) is 16.1. The van der Waals surface area contributed by atoms with Gasteiger partial charge in [0.15, 0.2) is 4.34 Å². The maximum atomic E-state index is 11.8. The number of carbonyl (C=O) groups excluding carboxylic acids is 2. The number of aryl methyl sites for hydroxylation is 1. The molecule has 2 rings (SSSR count). The first-order valence-electron chi connectivity index (χ1n) is 6.30. The number of aliphatic carboxylic acids is 1. The fourth-order valence-corrected chi connectivity index (χ4v) is 3.22. The van der Waals surface area contributed by atoms with Gasteiger partial charge in [-0.2, -0.15) is 0 Å². The van der Waals surface area contributed by atoms with Crippen LogP contribution in [0.2, 0.25) is 0 Å². The molecule has 1 aromatic carbocycles. The fourth-order valence-electron chi connectivity index (χ4n) is 1.40. The molecule has 1 atom stereocenters. The van der Waals surface area contributed by atoms with E-state index < -0.39 is 17.3 Å².